The van der Waals surface area contributed by atoms with E-state index >= 15 is 0 Å². The Labute approximate surface area is 132 Å². The van der Waals surface area contributed by atoms with Crippen LogP contribution >= 0.6 is 0 Å². The quantitative estimate of drug-likeness (QED) is 0.799. The van der Waals surface area contributed by atoms with Gasteiger partial charge in [0.05, 0.1) is 6.42 Å². The fraction of sp³-hybridized carbons (Fsp3) is 0.429. The molecule has 0 saturated heterocycles. The van der Waals surface area contributed by atoms with Gasteiger partial charge < -0.3 is 10.0 Å². The zero-order chi connectivity index (χ0) is 17.8. The number of carbonyl (C=O) groups is 2. The summed E-state index contributed by atoms with van der Waals surface area (Å²) in [6.45, 7) is 0.729. The van der Waals surface area contributed by atoms with Crippen LogP contribution in [-0.4, -0.2) is 48.4 Å². The van der Waals surface area contributed by atoms with Crippen LogP contribution in [0.15, 0.2) is 18.2 Å². The molecule has 0 saturated carbocycles. The van der Waals surface area contributed by atoms with Crippen molar-refractivity contribution in [3.8, 4) is 0 Å². The number of hydrogen-bond acceptors (Lipinski definition) is 4. The first-order valence-corrected chi connectivity index (χ1v) is 8.61. The van der Waals surface area contributed by atoms with Gasteiger partial charge in [0.15, 0.2) is 21.5 Å². The molecule has 1 aromatic rings. The van der Waals surface area contributed by atoms with Gasteiger partial charge in [0.25, 0.3) is 0 Å². The molecule has 6 nitrogen and oxygen atoms in total. The summed E-state index contributed by atoms with van der Waals surface area (Å²) >= 11 is 0. The number of benzene rings is 1. The van der Waals surface area contributed by atoms with Gasteiger partial charge in [-0.3, -0.25) is 9.59 Å². The molecule has 0 fully saturated rings. The average Bonchev–Trinajstić information content (AvgIpc) is 2.44. The zero-order valence-electron chi connectivity index (χ0n) is 12.6. The molecule has 0 bridgehead atoms. The summed E-state index contributed by atoms with van der Waals surface area (Å²) in [6, 6.07) is 3.00. The number of sulfone groups is 1. The van der Waals surface area contributed by atoms with Crippen LogP contribution in [0.3, 0.4) is 0 Å². The summed E-state index contributed by atoms with van der Waals surface area (Å²) in [5, 5.41) is 7.36. The van der Waals surface area contributed by atoms with Gasteiger partial charge in [-0.2, -0.15) is 0 Å². The second-order valence-corrected chi connectivity index (χ2v) is 7.49. The van der Waals surface area contributed by atoms with Crippen molar-refractivity contribution in [1.29, 1.82) is 0 Å². The molecule has 128 valence electrons. The molecule has 1 aromatic carbocycles. The minimum absolute atomic E-state index is 0.219. The Kier molecular flexibility index (Phi) is 6.20. The number of halogens is 2. The molecule has 1 unspecified atom stereocenters. The second kappa shape index (κ2) is 7.49. The third kappa shape index (κ3) is 5.59. The molecule has 1 amide bonds. The smallest absolute Gasteiger partial charge is 0.305 e. The Morgan fingerprint density at radius 3 is 2.35 bits per heavy atom. The highest BCUT2D eigenvalue weighted by Crippen LogP contribution is 2.14. The Balaban J connectivity index is 3.02. The van der Waals surface area contributed by atoms with Gasteiger partial charge in [-0.1, -0.05) is 6.07 Å². The standard InChI is InChI=1S/C14H17F2NO5S/c1-9(23(2,21)22)14(20)17(6-5-13(18)19)8-10-3-4-11(15)12(16)7-10/h3-4,7,9H,5-6,8H2,1-2H3,(H,18,19). The number of amides is 1. The molecule has 9 heteroatoms. The molecule has 0 aliphatic rings. The first kappa shape index (κ1) is 19.0. The number of rotatable bonds is 7. The van der Waals surface area contributed by atoms with E-state index < -0.39 is 45.0 Å². The van der Waals surface area contributed by atoms with Crippen LogP contribution in [0.5, 0.6) is 0 Å². The van der Waals surface area contributed by atoms with Gasteiger partial charge in [0.1, 0.15) is 5.25 Å². The first-order chi connectivity index (χ1) is 10.5. The van der Waals surface area contributed by atoms with E-state index in [0.29, 0.717) is 0 Å². The highest BCUT2D eigenvalue weighted by molar-refractivity contribution is 7.92. The average molecular weight is 349 g/mol. The van der Waals surface area contributed by atoms with Gasteiger partial charge >= 0.3 is 5.97 Å². The molecular formula is C14H17F2NO5S. The Morgan fingerprint density at radius 1 is 1.26 bits per heavy atom. The number of carbonyl (C=O) groups excluding carboxylic acids is 1. The monoisotopic (exact) mass is 349 g/mol. The molecule has 1 N–H and O–H groups in total. The Morgan fingerprint density at radius 2 is 1.87 bits per heavy atom. The molecule has 0 aromatic heterocycles. The van der Waals surface area contributed by atoms with Crippen molar-refractivity contribution in [2.45, 2.75) is 25.1 Å². The van der Waals surface area contributed by atoms with Crippen molar-refractivity contribution in [2.75, 3.05) is 12.8 Å². The lowest BCUT2D eigenvalue weighted by atomic mass is 10.2. The summed E-state index contributed by atoms with van der Waals surface area (Å²) < 4.78 is 49.1. The van der Waals surface area contributed by atoms with Crippen LogP contribution in [0, 0.1) is 11.6 Å². The van der Waals surface area contributed by atoms with E-state index in [0.717, 1.165) is 23.3 Å². The summed E-state index contributed by atoms with van der Waals surface area (Å²) in [5.41, 5.74) is 0.225. The van der Waals surface area contributed by atoms with Crippen molar-refractivity contribution < 1.29 is 31.9 Å². The van der Waals surface area contributed by atoms with Gasteiger partial charge in [-0.25, -0.2) is 17.2 Å². The lowest BCUT2D eigenvalue weighted by molar-refractivity contribution is -0.138. The van der Waals surface area contributed by atoms with E-state index in [1.807, 2.05) is 0 Å². The highest BCUT2D eigenvalue weighted by Gasteiger charge is 2.28. The van der Waals surface area contributed by atoms with E-state index in [1.54, 1.807) is 0 Å². The summed E-state index contributed by atoms with van der Waals surface area (Å²) in [5.74, 6) is -4.12. The number of carboxylic acids is 1. The largest absolute Gasteiger partial charge is 0.481 e. The first-order valence-electron chi connectivity index (χ1n) is 6.65. The minimum atomic E-state index is -3.67. The van der Waals surface area contributed by atoms with Crippen LogP contribution in [0.2, 0.25) is 0 Å². The topological polar surface area (TPSA) is 91.8 Å². The maximum atomic E-state index is 13.2. The number of nitrogens with zero attached hydrogens (tertiary/aromatic N) is 1. The van der Waals surface area contributed by atoms with Gasteiger partial charge in [0.2, 0.25) is 5.91 Å². The third-order valence-corrected chi connectivity index (χ3v) is 4.74. The molecule has 0 spiro atoms. The van der Waals surface area contributed by atoms with Crippen LogP contribution < -0.4 is 0 Å². The minimum Gasteiger partial charge on any atom is -0.481 e. The van der Waals surface area contributed by atoms with Crippen molar-refractivity contribution in [1.82, 2.24) is 4.90 Å². The van der Waals surface area contributed by atoms with Crippen LogP contribution in [-0.2, 0) is 26.0 Å². The Bertz CT molecular complexity index is 705. The predicted octanol–water partition coefficient (Wildman–Crippen LogP) is 1.20. The van der Waals surface area contributed by atoms with Gasteiger partial charge in [-0.05, 0) is 24.6 Å². The normalized spacial score (nSPS) is 12.7. The van der Waals surface area contributed by atoms with E-state index in [-0.39, 0.29) is 18.7 Å². The van der Waals surface area contributed by atoms with Gasteiger partial charge in [0, 0.05) is 19.3 Å². The van der Waals surface area contributed by atoms with E-state index in [1.165, 1.54) is 13.0 Å². The third-order valence-electron chi connectivity index (χ3n) is 3.25. The summed E-state index contributed by atoms with van der Waals surface area (Å²) in [7, 11) is -3.67. The molecule has 23 heavy (non-hydrogen) atoms. The summed E-state index contributed by atoms with van der Waals surface area (Å²) in [6.07, 6.45) is 0.494. The zero-order valence-corrected chi connectivity index (χ0v) is 13.4. The van der Waals surface area contributed by atoms with Crippen molar-refractivity contribution >= 4 is 21.7 Å². The van der Waals surface area contributed by atoms with E-state index in [9.17, 15) is 26.8 Å². The lowest BCUT2D eigenvalue weighted by Crippen LogP contribution is -2.41. The highest BCUT2D eigenvalue weighted by atomic mass is 32.2. The van der Waals surface area contributed by atoms with Crippen molar-refractivity contribution in [2.24, 2.45) is 0 Å². The van der Waals surface area contributed by atoms with E-state index in [4.69, 9.17) is 5.11 Å². The molecular weight excluding hydrogens is 332 g/mol. The predicted molar refractivity (Wildman–Crippen MR) is 78.3 cm³/mol. The maximum absolute atomic E-state index is 13.2. The fourth-order valence-corrected chi connectivity index (χ4v) is 2.31. The number of hydrogen-bond donors (Lipinski definition) is 1. The van der Waals surface area contributed by atoms with E-state index in [2.05, 4.69) is 0 Å². The fourth-order valence-electron chi connectivity index (χ4n) is 1.80. The molecule has 0 heterocycles. The van der Waals surface area contributed by atoms with Crippen LogP contribution in [0.4, 0.5) is 8.78 Å². The molecule has 1 atom stereocenters. The van der Waals surface area contributed by atoms with Crippen LogP contribution in [0.25, 0.3) is 0 Å². The van der Waals surface area contributed by atoms with Crippen molar-refractivity contribution in [3.05, 3.63) is 35.4 Å². The SMILES string of the molecule is CC(C(=O)N(CCC(=O)O)Cc1ccc(F)c(F)c1)S(C)(=O)=O. The second-order valence-electron chi connectivity index (χ2n) is 5.12. The molecule has 1 rings (SSSR count). The molecule has 0 radical (unpaired) electrons. The number of carboxylic acid groups (broad SMARTS) is 1. The lowest BCUT2D eigenvalue weighted by Gasteiger charge is -2.25. The Hall–Kier alpha value is -2.03. The molecule has 0 aliphatic carbocycles. The summed E-state index contributed by atoms with van der Waals surface area (Å²) in [4.78, 5) is 23.9. The number of aliphatic carboxylic acids is 1. The van der Waals surface area contributed by atoms with Crippen LogP contribution in [0.1, 0.15) is 18.9 Å². The molecule has 0 aliphatic heterocycles. The maximum Gasteiger partial charge on any atom is 0.305 e. The van der Waals surface area contributed by atoms with Gasteiger partial charge in [-0.15, -0.1) is 0 Å². The van der Waals surface area contributed by atoms with Crippen molar-refractivity contribution in [3.63, 3.8) is 0 Å².